The number of benzene rings is 2. The fourth-order valence-electron chi connectivity index (χ4n) is 2.30. The van der Waals surface area contributed by atoms with E-state index in [9.17, 15) is 14.9 Å². The Kier molecular flexibility index (Phi) is 8.31. The van der Waals surface area contributed by atoms with Gasteiger partial charge in [0.15, 0.2) is 11.5 Å². The number of methoxy groups -OCH3 is 1. The quantitative estimate of drug-likeness (QED) is 0.154. The zero-order valence-corrected chi connectivity index (χ0v) is 17.9. The first-order chi connectivity index (χ1) is 14.3. The van der Waals surface area contributed by atoms with Crippen LogP contribution in [-0.4, -0.2) is 25.5 Å². The summed E-state index contributed by atoms with van der Waals surface area (Å²) in [6.07, 6.45) is 2.87. The molecule has 0 spiro atoms. The van der Waals surface area contributed by atoms with Crippen LogP contribution in [0, 0.1) is 11.3 Å². The Morgan fingerprint density at radius 3 is 2.50 bits per heavy atom. The van der Waals surface area contributed by atoms with Crippen LogP contribution >= 0.6 is 34.8 Å². The third kappa shape index (κ3) is 5.55. The molecule has 2 aromatic rings. The number of rotatable bonds is 7. The summed E-state index contributed by atoms with van der Waals surface area (Å²) < 4.78 is 10.6. The van der Waals surface area contributed by atoms with Crippen molar-refractivity contribution in [3.63, 3.8) is 0 Å². The van der Waals surface area contributed by atoms with Gasteiger partial charge in [0.05, 0.1) is 27.7 Å². The number of nitriles is 1. The highest BCUT2D eigenvalue weighted by molar-refractivity contribution is 6.46. The molecule has 9 heteroatoms. The Hall–Kier alpha value is -2.98. The maximum Gasteiger partial charge on any atom is 0.346 e. The third-order valence-corrected chi connectivity index (χ3v) is 4.84. The van der Waals surface area contributed by atoms with E-state index in [0.717, 1.165) is 0 Å². The third-order valence-electron chi connectivity index (χ3n) is 3.72. The van der Waals surface area contributed by atoms with Crippen LogP contribution in [0.2, 0.25) is 15.1 Å². The van der Waals surface area contributed by atoms with Gasteiger partial charge >= 0.3 is 5.97 Å². The number of nitrogens with zero attached hydrogens (tertiary/aromatic N) is 1. The van der Waals surface area contributed by atoms with Crippen LogP contribution in [0.25, 0.3) is 6.08 Å². The molecule has 0 aromatic heterocycles. The maximum absolute atomic E-state index is 12.6. The lowest BCUT2D eigenvalue weighted by Gasteiger charge is -2.12. The van der Waals surface area contributed by atoms with Gasteiger partial charge in [0.1, 0.15) is 11.6 Å². The Bertz CT molecular complexity index is 1070. The molecule has 0 aliphatic carbocycles. The molecule has 0 aliphatic heterocycles. The van der Waals surface area contributed by atoms with Crippen molar-refractivity contribution in [2.45, 2.75) is 0 Å². The van der Waals surface area contributed by atoms with Crippen LogP contribution in [0.5, 0.6) is 11.5 Å². The fourth-order valence-corrected chi connectivity index (χ4v) is 2.98. The van der Waals surface area contributed by atoms with Crippen molar-refractivity contribution in [1.82, 2.24) is 5.32 Å². The number of hydrogen-bond donors (Lipinski definition) is 1. The molecule has 0 radical (unpaired) electrons. The highest BCUT2D eigenvalue weighted by Gasteiger charge is 2.21. The first-order valence-electron chi connectivity index (χ1n) is 8.37. The highest BCUT2D eigenvalue weighted by Crippen LogP contribution is 2.34. The molecule has 1 N–H and O–H groups in total. The second-order valence-electron chi connectivity index (χ2n) is 5.69. The largest absolute Gasteiger partial charge is 0.493 e. The molecular weight excluding hydrogens is 451 g/mol. The van der Waals surface area contributed by atoms with Gasteiger partial charge in [-0.15, -0.1) is 6.58 Å². The average Bonchev–Trinajstić information content (AvgIpc) is 2.73. The minimum absolute atomic E-state index is 0.0307. The zero-order chi connectivity index (χ0) is 22.3. The Labute approximate surface area is 188 Å². The molecule has 0 unspecified atom stereocenters. The van der Waals surface area contributed by atoms with Gasteiger partial charge < -0.3 is 14.8 Å². The van der Waals surface area contributed by atoms with Crippen LogP contribution in [-0.2, 0) is 4.79 Å². The predicted octanol–water partition coefficient (Wildman–Crippen LogP) is 5.08. The number of ether oxygens (including phenoxy) is 2. The van der Waals surface area contributed by atoms with Crippen molar-refractivity contribution in [2.75, 3.05) is 13.7 Å². The minimum Gasteiger partial charge on any atom is -0.493 e. The number of hydrogen-bond acceptors (Lipinski definition) is 5. The lowest BCUT2D eigenvalue weighted by molar-refractivity contribution is -0.116. The number of carbonyl (C=O) groups is 2. The molecule has 0 heterocycles. The number of carbonyl (C=O) groups excluding carboxylic acids is 2. The standard InChI is InChI=1S/C21H15Cl3N2O4/c1-3-8-26-20(27)13(11-25)9-12-4-7-16(17(10-12)29-2)30-21(28)18-14(22)5-6-15(23)19(18)24/h3-7,9-10H,1,8H2,2H3,(H,26,27)/b13-9-. The first kappa shape index (κ1) is 23.3. The zero-order valence-electron chi connectivity index (χ0n) is 15.7. The average molecular weight is 466 g/mol. The Morgan fingerprint density at radius 2 is 1.87 bits per heavy atom. The Morgan fingerprint density at radius 1 is 1.17 bits per heavy atom. The summed E-state index contributed by atoms with van der Waals surface area (Å²) >= 11 is 18.0. The minimum atomic E-state index is -0.824. The molecule has 154 valence electrons. The first-order valence-corrected chi connectivity index (χ1v) is 9.50. The summed E-state index contributed by atoms with van der Waals surface area (Å²) in [5, 5.41) is 11.9. The maximum atomic E-state index is 12.6. The monoisotopic (exact) mass is 464 g/mol. The van der Waals surface area contributed by atoms with Gasteiger partial charge in [0, 0.05) is 6.54 Å². The molecule has 2 aromatic carbocycles. The van der Waals surface area contributed by atoms with Crippen molar-refractivity contribution in [3.05, 3.63) is 74.8 Å². The summed E-state index contributed by atoms with van der Waals surface area (Å²) in [5.41, 5.74) is 0.291. The molecule has 0 saturated heterocycles. The summed E-state index contributed by atoms with van der Waals surface area (Å²) in [7, 11) is 1.38. The highest BCUT2D eigenvalue weighted by atomic mass is 35.5. The van der Waals surface area contributed by atoms with E-state index in [2.05, 4.69) is 11.9 Å². The van der Waals surface area contributed by atoms with Crippen molar-refractivity contribution >= 4 is 52.8 Å². The molecule has 2 rings (SSSR count). The molecule has 0 saturated carbocycles. The lowest BCUT2D eigenvalue weighted by Crippen LogP contribution is -2.24. The predicted molar refractivity (Wildman–Crippen MR) is 116 cm³/mol. The molecule has 0 bridgehead atoms. The van der Waals surface area contributed by atoms with Crippen LogP contribution < -0.4 is 14.8 Å². The van der Waals surface area contributed by atoms with E-state index in [-0.39, 0.29) is 44.2 Å². The number of halogens is 3. The fraction of sp³-hybridized carbons (Fsp3) is 0.0952. The molecule has 0 fully saturated rings. The molecule has 0 aliphatic rings. The van der Waals surface area contributed by atoms with Crippen LogP contribution in [0.1, 0.15) is 15.9 Å². The van der Waals surface area contributed by atoms with Crippen molar-refractivity contribution < 1.29 is 19.1 Å². The van der Waals surface area contributed by atoms with E-state index in [1.807, 2.05) is 6.07 Å². The summed E-state index contributed by atoms with van der Waals surface area (Å²) in [5.74, 6) is -1.09. The number of amides is 1. The summed E-state index contributed by atoms with van der Waals surface area (Å²) in [6, 6.07) is 9.22. The van der Waals surface area contributed by atoms with E-state index in [0.29, 0.717) is 5.56 Å². The molecule has 0 atom stereocenters. The second-order valence-corrected chi connectivity index (χ2v) is 6.88. The molecular formula is C21H15Cl3N2O4. The topological polar surface area (TPSA) is 88.4 Å². The second kappa shape index (κ2) is 10.7. The lowest BCUT2D eigenvalue weighted by atomic mass is 10.1. The van der Waals surface area contributed by atoms with Gasteiger partial charge in [-0.25, -0.2) is 4.79 Å². The van der Waals surface area contributed by atoms with Gasteiger partial charge in [0.2, 0.25) is 0 Å². The smallest absolute Gasteiger partial charge is 0.346 e. The Balaban J connectivity index is 2.33. The van der Waals surface area contributed by atoms with Crippen LogP contribution in [0.15, 0.2) is 48.6 Å². The van der Waals surface area contributed by atoms with E-state index in [1.54, 1.807) is 6.07 Å². The van der Waals surface area contributed by atoms with E-state index >= 15 is 0 Å². The SMILES string of the molecule is C=CCNC(=O)/C(C#N)=C\c1ccc(OC(=O)c2c(Cl)ccc(Cl)c2Cl)c(OC)c1. The van der Waals surface area contributed by atoms with Crippen LogP contribution in [0.4, 0.5) is 0 Å². The van der Waals surface area contributed by atoms with Gasteiger partial charge in [-0.05, 0) is 35.9 Å². The summed E-state index contributed by atoms with van der Waals surface area (Å²) in [4.78, 5) is 24.5. The number of esters is 1. The molecule has 6 nitrogen and oxygen atoms in total. The van der Waals surface area contributed by atoms with Crippen molar-refractivity contribution in [3.8, 4) is 17.6 Å². The van der Waals surface area contributed by atoms with Gasteiger partial charge in [0.25, 0.3) is 5.91 Å². The number of nitrogens with one attached hydrogen (secondary N) is 1. The van der Waals surface area contributed by atoms with Crippen molar-refractivity contribution in [2.24, 2.45) is 0 Å². The normalized spacial score (nSPS) is 10.7. The van der Waals surface area contributed by atoms with Crippen molar-refractivity contribution in [1.29, 1.82) is 5.26 Å². The van der Waals surface area contributed by atoms with Gasteiger partial charge in [-0.2, -0.15) is 5.26 Å². The van der Waals surface area contributed by atoms with Gasteiger partial charge in [-0.1, -0.05) is 46.9 Å². The molecule has 30 heavy (non-hydrogen) atoms. The summed E-state index contributed by atoms with van der Waals surface area (Å²) in [6.45, 7) is 3.72. The van der Waals surface area contributed by atoms with Crippen LogP contribution in [0.3, 0.4) is 0 Å². The van der Waals surface area contributed by atoms with E-state index in [4.69, 9.17) is 44.3 Å². The van der Waals surface area contributed by atoms with Gasteiger partial charge in [-0.3, -0.25) is 4.79 Å². The molecule has 1 amide bonds. The van der Waals surface area contributed by atoms with E-state index in [1.165, 1.54) is 43.5 Å². The van der Waals surface area contributed by atoms with E-state index < -0.39 is 11.9 Å².